The van der Waals surface area contributed by atoms with E-state index in [0.29, 0.717) is 32.1 Å². The predicted octanol–water partition coefficient (Wildman–Crippen LogP) is 2.95. The minimum absolute atomic E-state index is 0.135. The minimum Gasteiger partial charge on any atom is -0.497 e. The summed E-state index contributed by atoms with van der Waals surface area (Å²) >= 11 is 0. The Labute approximate surface area is 173 Å². The summed E-state index contributed by atoms with van der Waals surface area (Å²) in [7, 11) is 1.68. The Hall–Kier alpha value is -2.18. The number of nitrogens with two attached hydrogens (primary N) is 1. The van der Waals surface area contributed by atoms with Crippen LogP contribution >= 0.6 is 0 Å². The van der Waals surface area contributed by atoms with Crippen LogP contribution in [0.3, 0.4) is 0 Å². The summed E-state index contributed by atoms with van der Waals surface area (Å²) < 4.78 is 11.1. The quantitative estimate of drug-likeness (QED) is 0.402. The van der Waals surface area contributed by atoms with Gasteiger partial charge in [-0.2, -0.15) is 0 Å². The molecule has 0 radical (unpaired) electrons. The van der Waals surface area contributed by atoms with Gasteiger partial charge in [0, 0.05) is 24.5 Å². The lowest BCUT2D eigenvalue weighted by molar-refractivity contribution is 0.131. The molecule has 0 saturated carbocycles. The molecule has 0 aliphatic heterocycles. The summed E-state index contributed by atoms with van der Waals surface area (Å²) in [5, 5.41) is 14.1. The SMILES string of the molecule is C=CCOC[C@@H]1C[C@H](NC[C@@H](O)[C@@H](N)Cc2ccccc2)c2cc(OC)ccc21. The molecule has 156 valence electrons. The molecule has 0 spiro atoms. The molecule has 1 aliphatic carbocycles. The number of fused-ring (bicyclic) bond motifs is 1. The van der Waals surface area contributed by atoms with Gasteiger partial charge in [-0.05, 0) is 41.7 Å². The predicted molar refractivity (Wildman–Crippen MR) is 116 cm³/mol. The largest absolute Gasteiger partial charge is 0.497 e. The number of methoxy groups -OCH3 is 1. The van der Waals surface area contributed by atoms with Crippen LogP contribution in [-0.2, 0) is 11.2 Å². The van der Waals surface area contributed by atoms with E-state index in [1.165, 1.54) is 11.1 Å². The van der Waals surface area contributed by atoms with Crippen molar-refractivity contribution in [1.29, 1.82) is 0 Å². The molecule has 2 aromatic rings. The van der Waals surface area contributed by atoms with Crippen molar-refractivity contribution in [1.82, 2.24) is 5.32 Å². The summed E-state index contributed by atoms with van der Waals surface area (Å²) in [5.74, 6) is 1.15. The number of hydrogen-bond donors (Lipinski definition) is 3. The van der Waals surface area contributed by atoms with E-state index in [-0.39, 0.29) is 12.1 Å². The Morgan fingerprint density at radius 2 is 2.03 bits per heavy atom. The average molecular weight is 397 g/mol. The standard InChI is InChI=1S/C24H32N2O3/c1-3-11-29-16-18-13-23(21-14-19(28-2)9-10-20(18)21)26-15-24(27)22(25)12-17-7-5-4-6-8-17/h3-10,14,18,22-24,26-27H,1,11-13,15-16,25H2,2H3/t18-,22-,23-,24+/m0/s1. The van der Waals surface area contributed by atoms with Crippen molar-refractivity contribution in [2.45, 2.75) is 36.9 Å². The van der Waals surface area contributed by atoms with Crippen LogP contribution in [0.25, 0.3) is 0 Å². The van der Waals surface area contributed by atoms with E-state index in [4.69, 9.17) is 15.2 Å². The van der Waals surface area contributed by atoms with E-state index >= 15 is 0 Å². The zero-order valence-corrected chi connectivity index (χ0v) is 17.1. The molecule has 2 aromatic carbocycles. The van der Waals surface area contributed by atoms with Gasteiger partial charge in [0.2, 0.25) is 0 Å². The fraction of sp³-hybridized carbons (Fsp3) is 0.417. The van der Waals surface area contributed by atoms with Crippen LogP contribution in [0.5, 0.6) is 5.75 Å². The van der Waals surface area contributed by atoms with Crippen molar-refractivity contribution in [3.8, 4) is 5.75 Å². The number of nitrogens with one attached hydrogen (secondary N) is 1. The van der Waals surface area contributed by atoms with E-state index in [1.54, 1.807) is 13.2 Å². The first-order chi connectivity index (χ1) is 14.1. The van der Waals surface area contributed by atoms with Gasteiger partial charge in [0.1, 0.15) is 5.75 Å². The van der Waals surface area contributed by atoms with Crippen molar-refractivity contribution < 1.29 is 14.6 Å². The van der Waals surface area contributed by atoms with Gasteiger partial charge in [-0.15, -0.1) is 6.58 Å². The lowest BCUT2D eigenvalue weighted by Gasteiger charge is -2.22. The van der Waals surface area contributed by atoms with Crippen LogP contribution in [0.4, 0.5) is 0 Å². The number of aliphatic hydroxyl groups is 1. The second-order valence-corrected chi connectivity index (χ2v) is 7.64. The van der Waals surface area contributed by atoms with Gasteiger partial charge >= 0.3 is 0 Å². The van der Waals surface area contributed by atoms with E-state index in [1.807, 2.05) is 36.4 Å². The first kappa shape index (κ1) is 21.5. The molecule has 29 heavy (non-hydrogen) atoms. The molecule has 0 saturated heterocycles. The fourth-order valence-electron chi connectivity index (χ4n) is 3.97. The van der Waals surface area contributed by atoms with E-state index in [9.17, 15) is 5.11 Å². The van der Waals surface area contributed by atoms with E-state index in [2.05, 4.69) is 24.0 Å². The Balaban J connectivity index is 1.61. The van der Waals surface area contributed by atoms with Crippen LogP contribution in [0.1, 0.15) is 35.1 Å². The second-order valence-electron chi connectivity index (χ2n) is 7.64. The average Bonchev–Trinajstić information content (AvgIpc) is 3.09. The zero-order chi connectivity index (χ0) is 20.6. The second kappa shape index (κ2) is 10.6. The highest BCUT2D eigenvalue weighted by atomic mass is 16.5. The summed E-state index contributed by atoms with van der Waals surface area (Å²) in [6.45, 7) is 5.35. The number of rotatable bonds is 11. The van der Waals surface area contributed by atoms with Gasteiger partial charge in [0.05, 0.1) is 26.4 Å². The fourth-order valence-corrected chi connectivity index (χ4v) is 3.97. The highest BCUT2D eigenvalue weighted by Crippen LogP contribution is 2.42. The summed E-state index contributed by atoms with van der Waals surface area (Å²) in [5.41, 5.74) is 9.86. The number of hydrogen-bond acceptors (Lipinski definition) is 5. The Kier molecular flexibility index (Phi) is 7.83. The molecular formula is C24H32N2O3. The Morgan fingerprint density at radius 1 is 1.24 bits per heavy atom. The highest BCUT2D eigenvalue weighted by Gasteiger charge is 2.32. The lowest BCUT2D eigenvalue weighted by Crippen LogP contribution is -2.43. The molecule has 4 N–H and O–H groups in total. The maximum atomic E-state index is 10.6. The molecular weight excluding hydrogens is 364 g/mol. The smallest absolute Gasteiger partial charge is 0.119 e. The molecule has 0 aromatic heterocycles. The van der Waals surface area contributed by atoms with Crippen molar-refractivity contribution in [3.05, 3.63) is 77.9 Å². The summed E-state index contributed by atoms with van der Waals surface area (Å²) in [6.07, 6.45) is 2.71. The third-order valence-corrected chi connectivity index (χ3v) is 5.57. The van der Waals surface area contributed by atoms with Crippen LogP contribution in [0.2, 0.25) is 0 Å². The lowest BCUT2D eigenvalue weighted by atomic mass is 10.0. The molecule has 0 fully saturated rings. The van der Waals surface area contributed by atoms with Crippen LogP contribution in [0.15, 0.2) is 61.2 Å². The van der Waals surface area contributed by atoms with Gasteiger partial charge < -0.3 is 25.6 Å². The van der Waals surface area contributed by atoms with Gasteiger partial charge in [-0.3, -0.25) is 0 Å². The molecule has 0 unspecified atom stereocenters. The Bertz CT molecular complexity index is 781. The van der Waals surface area contributed by atoms with Gasteiger partial charge in [0.15, 0.2) is 0 Å². The molecule has 4 atom stereocenters. The molecule has 0 bridgehead atoms. The third kappa shape index (κ3) is 5.67. The molecule has 0 heterocycles. The molecule has 3 rings (SSSR count). The maximum Gasteiger partial charge on any atom is 0.119 e. The van der Waals surface area contributed by atoms with Crippen molar-refractivity contribution in [3.63, 3.8) is 0 Å². The topological polar surface area (TPSA) is 76.7 Å². The first-order valence-electron chi connectivity index (χ1n) is 10.2. The number of ether oxygens (including phenoxy) is 2. The maximum absolute atomic E-state index is 10.6. The normalized spacial score (nSPS) is 20.1. The van der Waals surface area contributed by atoms with Crippen molar-refractivity contribution in [2.75, 3.05) is 26.9 Å². The first-order valence-corrected chi connectivity index (χ1v) is 10.2. The number of aliphatic hydroxyl groups excluding tert-OH is 1. The van der Waals surface area contributed by atoms with Crippen molar-refractivity contribution >= 4 is 0 Å². The van der Waals surface area contributed by atoms with Crippen molar-refractivity contribution in [2.24, 2.45) is 5.73 Å². The van der Waals surface area contributed by atoms with E-state index in [0.717, 1.165) is 17.7 Å². The van der Waals surface area contributed by atoms with Gasteiger partial charge in [-0.1, -0.05) is 42.5 Å². The van der Waals surface area contributed by atoms with Crippen LogP contribution in [0, 0.1) is 0 Å². The van der Waals surface area contributed by atoms with Gasteiger partial charge in [0.25, 0.3) is 0 Å². The summed E-state index contributed by atoms with van der Waals surface area (Å²) in [4.78, 5) is 0. The van der Waals surface area contributed by atoms with Gasteiger partial charge in [-0.25, -0.2) is 0 Å². The Morgan fingerprint density at radius 3 is 2.76 bits per heavy atom. The highest BCUT2D eigenvalue weighted by molar-refractivity contribution is 5.43. The monoisotopic (exact) mass is 396 g/mol. The minimum atomic E-state index is -0.625. The summed E-state index contributed by atoms with van der Waals surface area (Å²) in [6, 6.07) is 16.0. The molecule has 5 nitrogen and oxygen atoms in total. The van der Waals surface area contributed by atoms with Crippen LogP contribution in [-0.4, -0.2) is 44.1 Å². The zero-order valence-electron chi connectivity index (χ0n) is 17.1. The third-order valence-electron chi connectivity index (χ3n) is 5.57. The number of benzene rings is 2. The molecule has 0 amide bonds. The molecule has 1 aliphatic rings. The van der Waals surface area contributed by atoms with E-state index < -0.39 is 6.10 Å². The molecule has 5 heteroatoms. The van der Waals surface area contributed by atoms with Crippen LogP contribution < -0.4 is 15.8 Å².